The number of carbonyl (C=O) groups excluding carboxylic acids is 1. The summed E-state index contributed by atoms with van der Waals surface area (Å²) in [5.74, 6) is -0.758. The second kappa shape index (κ2) is 5.48. The van der Waals surface area contributed by atoms with Gasteiger partial charge in [-0.05, 0) is 24.9 Å². The average molecular weight is 212 g/mol. The SMILES string of the molecule is C/C(O)=C(/N=O)C(=O)N1CCCCCC1. The highest BCUT2D eigenvalue weighted by Crippen LogP contribution is 2.14. The van der Waals surface area contributed by atoms with E-state index in [0.29, 0.717) is 13.1 Å². The van der Waals surface area contributed by atoms with Crippen molar-refractivity contribution in [3.05, 3.63) is 16.4 Å². The van der Waals surface area contributed by atoms with Gasteiger partial charge in [0, 0.05) is 13.1 Å². The van der Waals surface area contributed by atoms with E-state index in [-0.39, 0.29) is 11.5 Å². The lowest BCUT2D eigenvalue weighted by atomic mass is 10.2. The second-order valence-corrected chi connectivity index (χ2v) is 3.73. The van der Waals surface area contributed by atoms with Crippen LogP contribution >= 0.6 is 0 Å². The zero-order valence-electron chi connectivity index (χ0n) is 8.90. The van der Waals surface area contributed by atoms with Crippen LogP contribution in [0.1, 0.15) is 32.6 Å². The Bertz CT molecular complexity index is 274. The second-order valence-electron chi connectivity index (χ2n) is 3.73. The van der Waals surface area contributed by atoms with Crippen molar-refractivity contribution in [3.8, 4) is 0 Å². The minimum Gasteiger partial charge on any atom is -0.510 e. The molecule has 1 aliphatic heterocycles. The Morgan fingerprint density at radius 2 is 1.73 bits per heavy atom. The topological polar surface area (TPSA) is 70.0 Å². The lowest BCUT2D eigenvalue weighted by molar-refractivity contribution is -0.127. The minimum absolute atomic E-state index is 0.306. The molecule has 15 heavy (non-hydrogen) atoms. The monoisotopic (exact) mass is 212 g/mol. The van der Waals surface area contributed by atoms with E-state index in [1.165, 1.54) is 6.92 Å². The molecule has 0 aromatic heterocycles. The molecule has 1 rings (SSSR count). The minimum atomic E-state index is -0.452. The molecule has 84 valence electrons. The summed E-state index contributed by atoms with van der Waals surface area (Å²) in [4.78, 5) is 23.7. The Balaban J connectivity index is 2.73. The van der Waals surface area contributed by atoms with Crippen LogP contribution in [0, 0.1) is 4.91 Å². The number of nitroso groups, excluding NO2 is 1. The number of likely N-dealkylation sites (tertiary alicyclic amines) is 1. The smallest absolute Gasteiger partial charge is 0.279 e. The van der Waals surface area contributed by atoms with E-state index >= 15 is 0 Å². The maximum atomic E-state index is 11.7. The highest BCUT2D eigenvalue weighted by Gasteiger charge is 2.22. The lowest BCUT2D eigenvalue weighted by Gasteiger charge is -2.19. The average Bonchev–Trinajstić information content (AvgIpc) is 2.45. The number of aliphatic hydroxyl groups excluding tert-OH is 1. The Labute approximate surface area is 88.7 Å². The number of amides is 1. The third-order valence-electron chi connectivity index (χ3n) is 2.53. The standard InChI is InChI=1S/C10H16N2O3/c1-8(13)9(11-15)10(14)12-6-4-2-3-5-7-12/h13H,2-7H2,1H3/b9-8-. The van der Waals surface area contributed by atoms with Crippen molar-refractivity contribution in [2.24, 2.45) is 5.18 Å². The van der Waals surface area contributed by atoms with Crippen molar-refractivity contribution in [1.82, 2.24) is 4.90 Å². The molecule has 1 fully saturated rings. The van der Waals surface area contributed by atoms with Gasteiger partial charge in [0.2, 0.25) is 5.70 Å². The van der Waals surface area contributed by atoms with Gasteiger partial charge in [0.1, 0.15) is 5.76 Å². The number of aliphatic hydroxyl groups is 1. The van der Waals surface area contributed by atoms with Crippen LogP contribution in [0.4, 0.5) is 0 Å². The molecule has 5 heteroatoms. The first kappa shape index (κ1) is 11.7. The molecule has 0 aliphatic carbocycles. The summed E-state index contributed by atoms with van der Waals surface area (Å²) in [6.07, 6.45) is 4.11. The van der Waals surface area contributed by atoms with E-state index in [1.807, 2.05) is 0 Å². The molecule has 1 saturated heterocycles. The van der Waals surface area contributed by atoms with Crippen LogP contribution in [0.15, 0.2) is 16.6 Å². The number of hydrogen-bond acceptors (Lipinski definition) is 4. The Hall–Kier alpha value is -1.39. The molecule has 0 bridgehead atoms. The van der Waals surface area contributed by atoms with E-state index in [0.717, 1.165) is 25.7 Å². The van der Waals surface area contributed by atoms with Gasteiger partial charge in [-0.1, -0.05) is 12.8 Å². The first-order valence-corrected chi connectivity index (χ1v) is 5.19. The highest BCUT2D eigenvalue weighted by molar-refractivity contribution is 5.93. The number of allylic oxidation sites excluding steroid dienone is 1. The first-order valence-electron chi connectivity index (χ1n) is 5.19. The number of nitrogens with zero attached hydrogens (tertiary/aromatic N) is 2. The summed E-state index contributed by atoms with van der Waals surface area (Å²) >= 11 is 0. The number of carbonyl (C=O) groups is 1. The number of rotatable bonds is 2. The van der Waals surface area contributed by atoms with Gasteiger partial charge in [0.25, 0.3) is 5.91 Å². The van der Waals surface area contributed by atoms with Crippen LogP contribution in [-0.2, 0) is 4.79 Å². The quantitative estimate of drug-likeness (QED) is 0.432. The zero-order valence-corrected chi connectivity index (χ0v) is 8.90. The molecular weight excluding hydrogens is 196 g/mol. The molecule has 1 heterocycles. The van der Waals surface area contributed by atoms with Crippen LogP contribution in [0.2, 0.25) is 0 Å². The van der Waals surface area contributed by atoms with Gasteiger partial charge in [-0.25, -0.2) is 0 Å². The van der Waals surface area contributed by atoms with Crippen LogP contribution < -0.4 is 0 Å². The summed E-state index contributed by atoms with van der Waals surface area (Å²) in [6.45, 7) is 2.59. The van der Waals surface area contributed by atoms with Gasteiger partial charge >= 0.3 is 0 Å². The fraction of sp³-hybridized carbons (Fsp3) is 0.700. The fourth-order valence-electron chi connectivity index (χ4n) is 1.68. The molecule has 0 radical (unpaired) electrons. The molecule has 0 saturated carbocycles. The van der Waals surface area contributed by atoms with Crippen molar-refractivity contribution in [3.63, 3.8) is 0 Å². The van der Waals surface area contributed by atoms with Crippen LogP contribution in [0.25, 0.3) is 0 Å². The fourth-order valence-corrected chi connectivity index (χ4v) is 1.68. The molecule has 0 spiro atoms. The van der Waals surface area contributed by atoms with E-state index in [1.54, 1.807) is 4.90 Å². The molecule has 0 aromatic rings. The van der Waals surface area contributed by atoms with Crippen molar-refractivity contribution in [2.45, 2.75) is 32.6 Å². The van der Waals surface area contributed by atoms with Gasteiger partial charge < -0.3 is 10.0 Å². The summed E-state index contributed by atoms with van der Waals surface area (Å²) in [6, 6.07) is 0. The predicted molar refractivity (Wildman–Crippen MR) is 56.2 cm³/mol. The maximum absolute atomic E-state index is 11.7. The van der Waals surface area contributed by atoms with Crippen LogP contribution in [0.5, 0.6) is 0 Å². The molecule has 1 amide bonds. The lowest BCUT2D eigenvalue weighted by Crippen LogP contribution is -2.33. The van der Waals surface area contributed by atoms with Gasteiger partial charge in [-0.2, -0.15) is 0 Å². The molecule has 0 atom stereocenters. The van der Waals surface area contributed by atoms with Gasteiger partial charge in [0.15, 0.2) is 0 Å². The molecule has 0 aromatic carbocycles. The summed E-state index contributed by atoms with van der Waals surface area (Å²) in [7, 11) is 0. The van der Waals surface area contributed by atoms with Crippen LogP contribution in [0.3, 0.4) is 0 Å². The van der Waals surface area contributed by atoms with Gasteiger partial charge in [0.05, 0.1) is 0 Å². The normalized spacial score (nSPS) is 19.1. The van der Waals surface area contributed by atoms with E-state index in [2.05, 4.69) is 5.18 Å². The third kappa shape index (κ3) is 3.04. The van der Waals surface area contributed by atoms with E-state index in [9.17, 15) is 9.70 Å². The Morgan fingerprint density at radius 3 is 2.13 bits per heavy atom. The Morgan fingerprint density at radius 1 is 1.20 bits per heavy atom. The maximum Gasteiger partial charge on any atom is 0.279 e. The van der Waals surface area contributed by atoms with Crippen molar-refractivity contribution >= 4 is 5.91 Å². The van der Waals surface area contributed by atoms with Crippen molar-refractivity contribution < 1.29 is 9.90 Å². The molecule has 1 aliphatic rings. The van der Waals surface area contributed by atoms with Gasteiger partial charge in [-0.3, -0.25) is 4.79 Å². The Kier molecular flexibility index (Phi) is 4.27. The summed E-state index contributed by atoms with van der Waals surface area (Å²) in [5.41, 5.74) is -0.364. The predicted octanol–water partition coefficient (Wildman–Crippen LogP) is 1.94. The summed E-state index contributed by atoms with van der Waals surface area (Å²) in [5, 5.41) is 11.7. The third-order valence-corrected chi connectivity index (χ3v) is 2.53. The van der Waals surface area contributed by atoms with E-state index < -0.39 is 5.91 Å². The van der Waals surface area contributed by atoms with Crippen molar-refractivity contribution in [1.29, 1.82) is 0 Å². The number of hydrogen-bond donors (Lipinski definition) is 1. The molecule has 1 N–H and O–H groups in total. The molecule has 5 nitrogen and oxygen atoms in total. The van der Waals surface area contributed by atoms with Crippen molar-refractivity contribution in [2.75, 3.05) is 13.1 Å². The molecular formula is C10H16N2O3. The highest BCUT2D eigenvalue weighted by atomic mass is 16.3. The molecule has 0 unspecified atom stereocenters. The summed E-state index contributed by atoms with van der Waals surface area (Å²) < 4.78 is 0. The first-order chi connectivity index (χ1) is 7.16. The van der Waals surface area contributed by atoms with E-state index in [4.69, 9.17) is 5.11 Å². The van der Waals surface area contributed by atoms with Gasteiger partial charge in [-0.15, -0.1) is 4.91 Å². The van der Waals surface area contributed by atoms with Crippen LogP contribution in [-0.4, -0.2) is 29.0 Å². The zero-order chi connectivity index (χ0) is 11.3. The largest absolute Gasteiger partial charge is 0.510 e.